The topological polar surface area (TPSA) is 37.3 Å². The van der Waals surface area contributed by atoms with E-state index < -0.39 is 0 Å². The van der Waals surface area contributed by atoms with Gasteiger partial charge in [-0.25, -0.2) is 0 Å². The van der Waals surface area contributed by atoms with Gasteiger partial charge in [0.25, 0.3) is 0 Å². The maximum absolute atomic E-state index is 10.9. The molecule has 1 aliphatic rings. The molecule has 0 saturated heterocycles. The second-order valence-electron chi connectivity index (χ2n) is 2.59. The first-order valence-corrected chi connectivity index (χ1v) is 3.65. The lowest BCUT2D eigenvalue weighted by Gasteiger charge is -2.12. The van der Waals surface area contributed by atoms with E-state index in [-0.39, 0.29) is 18.3 Å². The molecule has 0 spiro atoms. The van der Waals surface area contributed by atoms with Crippen molar-refractivity contribution < 1.29 is 9.90 Å². The summed E-state index contributed by atoms with van der Waals surface area (Å²) < 4.78 is 0. The molecule has 0 fully saturated rings. The predicted octanol–water partition coefficient (Wildman–Crippen LogP) is 0.904. The zero-order valence-electron chi connectivity index (χ0n) is 5.92. The largest absolute Gasteiger partial charge is 0.389 e. The van der Waals surface area contributed by atoms with E-state index in [1.807, 2.05) is 12.2 Å². The monoisotopic (exact) mass is 140 g/mol. The Morgan fingerprint density at radius 1 is 1.70 bits per heavy atom. The highest BCUT2D eigenvalue weighted by atomic mass is 16.3. The van der Waals surface area contributed by atoms with Crippen LogP contribution in [0.1, 0.15) is 19.3 Å². The Hall–Kier alpha value is -0.630. The van der Waals surface area contributed by atoms with Crippen LogP contribution in [0, 0.1) is 5.92 Å². The van der Waals surface area contributed by atoms with Crippen molar-refractivity contribution in [1.29, 1.82) is 0 Å². The van der Waals surface area contributed by atoms with Gasteiger partial charge in [-0.2, -0.15) is 0 Å². The number of allylic oxidation sites excluding steroid dienone is 2. The molecule has 0 heterocycles. The number of carbonyl (C=O) groups excluding carboxylic acids is 1. The average Bonchev–Trinajstić information content (AvgIpc) is 2.05. The molecule has 1 aliphatic carbocycles. The molecule has 2 heteroatoms. The van der Waals surface area contributed by atoms with E-state index in [4.69, 9.17) is 5.11 Å². The van der Waals surface area contributed by atoms with Crippen molar-refractivity contribution in [1.82, 2.24) is 0 Å². The van der Waals surface area contributed by atoms with Gasteiger partial charge in [-0.15, -0.1) is 0 Å². The van der Waals surface area contributed by atoms with Gasteiger partial charge in [0.05, 0.1) is 0 Å². The third kappa shape index (κ3) is 1.67. The summed E-state index contributed by atoms with van der Waals surface area (Å²) in [5, 5.41) is 8.50. The molecule has 0 aromatic rings. The minimum absolute atomic E-state index is 0.00116. The highest BCUT2D eigenvalue weighted by Gasteiger charge is 2.15. The van der Waals surface area contributed by atoms with Gasteiger partial charge in [0.1, 0.15) is 6.61 Å². The molecule has 1 unspecified atom stereocenters. The predicted molar refractivity (Wildman–Crippen MR) is 38.6 cm³/mol. The Kier molecular flexibility index (Phi) is 2.63. The van der Waals surface area contributed by atoms with E-state index in [1.54, 1.807) is 0 Å². The van der Waals surface area contributed by atoms with Gasteiger partial charge in [0, 0.05) is 5.92 Å². The first-order valence-electron chi connectivity index (χ1n) is 3.65. The van der Waals surface area contributed by atoms with Crippen molar-refractivity contribution in [2.24, 2.45) is 5.92 Å². The summed E-state index contributed by atoms with van der Waals surface area (Å²) in [5.74, 6) is -0.0466. The van der Waals surface area contributed by atoms with Gasteiger partial charge in [-0.3, -0.25) is 4.79 Å². The molecule has 1 atom stereocenters. The van der Waals surface area contributed by atoms with Crippen molar-refractivity contribution in [2.75, 3.05) is 6.61 Å². The van der Waals surface area contributed by atoms with Crippen molar-refractivity contribution in [3.8, 4) is 0 Å². The average molecular weight is 140 g/mol. The van der Waals surface area contributed by atoms with Crippen LogP contribution in [0.5, 0.6) is 0 Å². The SMILES string of the molecule is O=C(CO)C1C=CCCC1. The molecule has 56 valence electrons. The molecule has 2 nitrogen and oxygen atoms in total. The third-order valence-electron chi connectivity index (χ3n) is 1.82. The van der Waals surface area contributed by atoms with E-state index in [0.29, 0.717) is 0 Å². The molecule has 0 amide bonds. The molecule has 0 bridgehead atoms. The van der Waals surface area contributed by atoms with E-state index in [9.17, 15) is 4.79 Å². The van der Waals surface area contributed by atoms with E-state index in [1.165, 1.54) is 0 Å². The van der Waals surface area contributed by atoms with Crippen LogP contribution >= 0.6 is 0 Å². The molecular formula is C8H12O2. The summed E-state index contributed by atoms with van der Waals surface area (Å²) in [5.41, 5.74) is 0. The van der Waals surface area contributed by atoms with Crippen molar-refractivity contribution in [2.45, 2.75) is 19.3 Å². The highest BCUT2D eigenvalue weighted by molar-refractivity contribution is 5.83. The third-order valence-corrected chi connectivity index (χ3v) is 1.82. The number of ketones is 1. The lowest BCUT2D eigenvalue weighted by Crippen LogP contribution is -2.17. The fourth-order valence-electron chi connectivity index (χ4n) is 1.20. The van der Waals surface area contributed by atoms with Crippen molar-refractivity contribution in [3.05, 3.63) is 12.2 Å². The molecule has 1 N–H and O–H groups in total. The van der Waals surface area contributed by atoms with Gasteiger partial charge in [0.15, 0.2) is 5.78 Å². The fraction of sp³-hybridized carbons (Fsp3) is 0.625. The van der Waals surface area contributed by atoms with Gasteiger partial charge >= 0.3 is 0 Å². The Morgan fingerprint density at radius 2 is 2.50 bits per heavy atom. The Balaban J connectivity index is 2.46. The van der Waals surface area contributed by atoms with Crippen LogP contribution in [0.15, 0.2) is 12.2 Å². The number of Topliss-reactive ketones (excluding diaryl/α,β-unsaturated/α-hetero) is 1. The number of rotatable bonds is 2. The molecule has 1 rings (SSSR count). The second-order valence-corrected chi connectivity index (χ2v) is 2.59. The van der Waals surface area contributed by atoms with Crippen molar-refractivity contribution in [3.63, 3.8) is 0 Å². The molecule has 0 aromatic heterocycles. The first-order chi connectivity index (χ1) is 4.84. The lowest BCUT2D eigenvalue weighted by molar-refractivity contribution is -0.124. The zero-order valence-corrected chi connectivity index (χ0v) is 5.92. The molecule has 0 radical (unpaired) electrons. The van der Waals surface area contributed by atoms with Crippen LogP contribution in [-0.4, -0.2) is 17.5 Å². The van der Waals surface area contributed by atoms with Gasteiger partial charge in [-0.05, 0) is 19.3 Å². The number of aliphatic hydroxyl groups is 1. The number of hydrogen-bond donors (Lipinski definition) is 1. The quantitative estimate of drug-likeness (QED) is 0.579. The van der Waals surface area contributed by atoms with Gasteiger partial charge in [-0.1, -0.05) is 12.2 Å². The van der Waals surface area contributed by atoms with E-state index in [0.717, 1.165) is 19.3 Å². The van der Waals surface area contributed by atoms with Crippen LogP contribution in [-0.2, 0) is 4.79 Å². The summed E-state index contributed by atoms with van der Waals surface area (Å²) in [6.07, 6.45) is 6.99. The van der Waals surface area contributed by atoms with Crippen LogP contribution in [0.4, 0.5) is 0 Å². The summed E-state index contributed by atoms with van der Waals surface area (Å²) in [6.45, 7) is -0.311. The summed E-state index contributed by atoms with van der Waals surface area (Å²) in [4.78, 5) is 10.9. The summed E-state index contributed by atoms with van der Waals surface area (Å²) >= 11 is 0. The highest BCUT2D eigenvalue weighted by Crippen LogP contribution is 2.17. The summed E-state index contributed by atoms with van der Waals surface area (Å²) in [6, 6.07) is 0. The standard InChI is InChI=1S/C8H12O2/c9-6-8(10)7-4-2-1-3-5-7/h2,4,7,9H,1,3,5-6H2. The van der Waals surface area contributed by atoms with Crippen LogP contribution in [0.2, 0.25) is 0 Å². The van der Waals surface area contributed by atoms with E-state index >= 15 is 0 Å². The Morgan fingerprint density at radius 3 is 3.00 bits per heavy atom. The fourth-order valence-corrected chi connectivity index (χ4v) is 1.20. The number of hydrogen-bond acceptors (Lipinski definition) is 2. The maximum Gasteiger partial charge on any atom is 0.164 e. The van der Waals surface area contributed by atoms with E-state index in [2.05, 4.69) is 0 Å². The maximum atomic E-state index is 10.9. The summed E-state index contributed by atoms with van der Waals surface area (Å²) in [7, 11) is 0. The molecule has 0 saturated carbocycles. The molecule has 0 aliphatic heterocycles. The smallest absolute Gasteiger partial charge is 0.164 e. The first kappa shape index (κ1) is 7.48. The number of carbonyl (C=O) groups is 1. The van der Waals surface area contributed by atoms with Crippen LogP contribution in [0.25, 0.3) is 0 Å². The van der Waals surface area contributed by atoms with Crippen molar-refractivity contribution >= 4 is 5.78 Å². The van der Waals surface area contributed by atoms with Gasteiger partial charge in [0.2, 0.25) is 0 Å². The van der Waals surface area contributed by atoms with Crippen LogP contribution in [0.3, 0.4) is 0 Å². The Labute approximate surface area is 60.6 Å². The van der Waals surface area contributed by atoms with Crippen LogP contribution < -0.4 is 0 Å². The lowest BCUT2D eigenvalue weighted by atomic mass is 9.92. The van der Waals surface area contributed by atoms with Gasteiger partial charge < -0.3 is 5.11 Å². The minimum Gasteiger partial charge on any atom is -0.389 e. The minimum atomic E-state index is -0.311. The molecule has 10 heavy (non-hydrogen) atoms. The second kappa shape index (κ2) is 3.52. The molecular weight excluding hydrogens is 128 g/mol. The normalized spacial score (nSPS) is 24.7. The molecule has 0 aromatic carbocycles. The number of aliphatic hydroxyl groups excluding tert-OH is 1. The zero-order chi connectivity index (χ0) is 7.40. The Bertz CT molecular complexity index is 149.